The van der Waals surface area contributed by atoms with Gasteiger partial charge in [0, 0.05) is 19.3 Å². The van der Waals surface area contributed by atoms with Crippen LogP contribution >= 0.6 is 0 Å². The Hall–Kier alpha value is -2.63. The highest BCUT2D eigenvalue weighted by atomic mass is 16.2. The summed E-state index contributed by atoms with van der Waals surface area (Å²) in [6, 6.07) is 9.95. The van der Waals surface area contributed by atoms with Gasteiger partial charge in [0.1, 0.15) is 5.82 Å². The minimum absolute atomic E-state index is 0.00969. The molecule has 1 N–H and O–H groups in total. The zero-order valence-corrected chi connectivity index (χ0v) is 12.8. The normalized spacial score (nSPS) is 17.1. The van der Waals surface area contributed by atoms with Crippen LogP contribution in [0, 0.1) is 0 Å². The molecule has 2 aromatic rings. The Kier molecular flexibility index (Phi) is 3.44. The average molecular weight is 298 g/mol. The Bertz CT molecular complexity index is 849. The molecule has 114 valence electrons. The van der Waals surface area contributed by atoms with E-state index in [0.29, 0.717) is 18.1 Å². The van der Waals surface area contributed by atoms with Gasteiger partial charge in [0.2, 0.25) is 0 Å². The highest BCUT2D eigenvalue weighted by molar-refractivity contribution is 5.95. The SMILES string of the molecule is CC1=Nc2c([nH]c(=O)n(C)c2=O)N(Cc2ccccc2)C1C. The second kappa shape index (κ2) is 5.29. The lowest BCUT2D eigenvalue weighted by molar-refractivity contribution is 0.701. The van der Waals surface area contributed by atoms with Crippen molar-refractivity contribution in [3.05, 3.63) is 56.7 Å². The Balaban J connectivity index is 2.15. The first-order chi connectivity index (χ1) is 10.5. The van der Waals surface area contributed by atoms with Gasteiger partial charge in [-0.25, -0.2) is 9.79 Å². The Morgan fingerprint density at radius 1 is 1.23 bits per heavy atom. The molecule has 0 saturated heterocycles. The van der Waals surface area contributed by atoms with Crippen LogP contribution in [0.3, 0.4) is 0 Å². The topological polar surface area (TPSA) is 70.5 Å². The number of aromatic amines is 1. The van der Waals surface area contributed by atoms with E-state index in [9.17, 15) is 9.59 Å². The summed E-state index contributed by atoms with van der Waals surface area (Å²) in [5.74, 6) is 0.495. The van der Waals surface area contributed by atoms with Crippen molar-refractivity contribution in [2.75, 3.05) is 4.90 Å². The molecule has 0 aliphatic carbocycles. The molecule has 6 heteroatoms. The first kappa shape index (κ1) is 14.3. The maximum atomic E-state index is 12.3. The summed E-state index contributed by atoms with van der Waals surface area (Å²) in [5.41, 5.74) is 1.46. The van der Waals surface area contributed by atoms with Gasteiger partial charge in [-0.2, -0.15) is 0 Å². The number of rotatable bonds is 2. The molecule has 3 rings (SSSR count). The first-order valence-corrected chi connectivity index (χ1v) is 7.18. The predicted molar refractivity (Wildman–Crippen MR) is 87.2 cm³/mol. The second-order valence-electron chi connectivity index (χ2n) is 5.53. The van der Waals surface area contributed by atoms with E-state index in [1.165, 1.54) is 7.05 Å². The third-order valence-corrected chi connectivity index (χ3v) is 4.10. The lowest BCUT2D eigenvalue weighted by atomic mass is 10.1. The van der Waals surface area contributed by atoms with E-state index in [4.69, 9.17) is 0 Å². The summed E-state index contributed by atoms with van der Waals surface area (Å²) in [6.07, 6.45) is 0. The Morgan fingerprint density at radius 3 is 2.59 bits per heavy atom. The number of hydrogen-bond donors (Lipinski definition) is 1. The maximum absolute atomic E-state index is 12.3. The molecule has 22 heavy (non-hydrogen) atoms. The number of aliphatic imine (C=N–C) groups is 1. The molecule has 1 aromatic carbocycles. The molecule has 2 heterocycles. The van der Waals surface area contributed by atoms with Crippen molar-refractivity contribution in [2.45, 2.75) is 26.4 Å². The van der Waals surface area contributed by atoms with E-state index in [2.05, 4.69) is 9.98 Å². The quantitative estimate of drug-likeness (QED) is 0.915. The van der Waals surface area contributed by atoms with Gasteiger partial charge >= 0.3 is 5.69 Å². The molecule has 1 aliphatic heterocycles. The van der Waals surface area contributed by atoms with Crippen LogP contribution in [0.25, 0.3) is 0 Å². The van der Waals surface area contributed by atoms with E-state index in [-0.39, 0.29) is 11.6 Å². The van der Waals surface area contributed by atoms with Gasteiger partial charge in [-0.3, -0.25) is 14.3 Å². The minimum atomic E-state index is -0.427. The van der Waals surface area contributed by atoms with Crippen LogP contribution < -0.4 is 16.1 Å². The van der Waals surface area contributed by atoms with Crippen LogP contribution in [0.1, 0.15) is 19.4 Å². The highest BCUT2D eigenvalue weighted by Crippen LogP contribution is 2.30. The summed E-state index contributed by atoms with van der Waals surface area (Å²) in [6.45, 7) is 4.52. The standard InChI is InChI=1S/C16H18N4O2/c1-10-11(2)20(9-12-7-5-4-6-8-12)14-13(17-10)15(21)19(3)16(22)18-14/h4-8,11H,9H2,1-3H3,(H,18,22). The van der Waals surface area contributed by atoms with Gasteiger partial charge in [0.25, 0.3) is 5.56 Å². The third-order valence-electron chi connectivity index (χ3n) is 4.10. The molecule has 6 nitrogen and oxygen atoms in total. The van der Waals surface area contributed by atoms with Crippen LogP contribution in [0.4, 0.5) is 11.5 Å². The van der Waals surface area contributed by atoms with Gasteiger partial charge in [0.15, 0.2) is 5.69 Å². The third kappa shape index (κ3) is 2.26. The van der Waals surface area contributed by atoms with Crippen molar-refractivity contribution in [3.63, 3.8) is 0 Å². The van der Waals surface area contributed by atoms with Crippen LogP contribution in [0.2, 0.25) is 0 Å². The van der Waals surface area contributed by atoms with Crippen LogP contribution in [0.5, 0.6) is 0 Å². The average Bonchev–Trinajstić information content (AvgIpc) is 2.52. The smallest absolute Gasteiger partial charge is 0.329 e. The number of benzene rings is 1. The predicted octanol–water partition coefficient (Wildman–Crippen LogP) is 1.57. The lowest BCUT2D eigenvalue weighted by Crippen LogP contribution is -2.44. The molecule has 0 fully saturated rings. The number of hydrogen-bond acceptors (Lipinski definition) is 4. The molecule has 0 bridgehead atoms. The molecule has 1 aliphatic rings. The van der Waals surface area contributed by atoms with E-state index in [0.717, 1.165) is 15.8 Å². The molecule has 0 radical (unpaired) electrons. The van der Waals surface area contributed by atoms with Crippen LogP contribution in [-0.2, 0) is 13.6 Å². The molecule has 0 amide bonds. The highest BCUT2D eigenvalue weighted by Gasteiger charge is 2.28. The number of H-pyrrole nitrogens is 1. The monoisotopic (exact) mass is 298 g/mol. The summed E-state index contributed by atoms with van der Waals surface area (Å²) in [5, 5.41) is 0. The lowest BCUT2D eigenvalue weighted by Gasteiger charge is -2.34. The fraction of sp³-hybridized carbons (Fsp3) is 0.312. The summed E-state index contributed by atoms with van der Waals surface area (Å²) in [4.78, 5) is 33.4. The van der Waals surface area contributed by atoms with Crippen molar-refractivity contribution < 1.29 is 0 Å². The van der Waals surface area contributed by atoms with Crippen molar-refractivity contribution in [2.24, 2.45) is 12.0 Å². The van der Waals surface area contributed by atoms with Crippen molar-refractivity contribution >= 4 is 17.2 Å². The fourth-order valence-electron chi connectivity index (χ4n) is 2.59. The molecule has 0 saturated carbocycles. The minimum Gasteiger partial charge on any atom is -0.344 e. The van der Waals surface area contributed by atoms with E-state index in [1.807, 2.05) is 49.1 Å². The number of anilines is 1. The van der Waals surface area contributed by atoms with Gasteiger partial charge in [0.05, 0.1) is 6.04 Å². The van der Waals surface area contributed by atoms with Gasteiger partial charge in [-0.1, -0.05) is 30.3 Å². The van der Waals surface area contributed by atoms with Crippen molar-refractivity contribution in [3.8, 4) is 0 Å². The zero-order chi connectivity index (χ0) is 15.9. The van der Waals surface area contributed by atoms with E-state index in [1.54, 1.807) is 0 Å². The molecule has 1 unspecified atom stereocenters. The number of fused-ring (bicyclic) bond motifs is 1. The van der Waals surface area contributed by atoms with Gasteiger partial charge < -0.3 is 4.90 Å². The second-order valence-corrected chi connectivity index (χ2v) is 5.53. The first-order valence-electron chi connectivity index (χ1n) is 7.18. The molecule has 1 atom stereocenters. The molecular weight excluding hydrogens is 280 g/mol. The summed E-state index contributed by atoms with van der Waals surface area (Å²) >= 11 is 0. The van der Waals surface area contributed by atoms with Crippen molar-refractivity contribution in [1.29, 1.82) is 0 Å². The van der Waals surface area contributed by atoms with Crippen LogP contribution in [0.15, 0.2) is 44.9 Å². The van der Waals surface area contributed by atoms with E-state index < -0.39 is 5.69 Å². The Labute approximate surface area is 127 Å². The zero-order valence-electron chi connectivity index (χ0n) is 12.8. The van der Waals surface area contributed by atoms with E-state index >= 15 is 0 Å². The summed E-state index contributed by atoms with van der Waals surface area (Å²) in [7, 11) is 1.45. The van der Waals surface area contributed by atoms with Gasteiger partial charge in [-0.15, -0.1) is 0 Å². The largest absolute Gasteiger partial charge is 0.344 e. The van der Waals surface area contributed by atoms with Gasteiger partial charge in [-0.05, 0) is 19.4 Å². The number of nitrogens with zero attached hydrogens (tertiary/aromatic N) is 3. The number of aromatic nitrogens is 2. The molecule has 1 aromatic heterocycles. The van der Waals surface area contributed by atoms with Crippen LogP contribution in [-0.4, -0.2) is 21.3 Å². The Morgan fingerprint density at radius 2 is 1.91 bits per heavy atom. The summed E-state index contributed by atoms with van der Waals surface area (Å²) < 4.78 is 1.05. The fourth-order valence-corrected chi connectivity index (χ4v) is 2.59. The number of nitrogens with one attached hydrogen (secondary N) is 1. The van der Waals surface area contributed by atoms with Crippen molar-refractivity contribution in [1.82, 2.24) is 9.55 Å². The molecular formula is C16H18N4O2. The maximum Gasteiger partial charge on any atom is 0.329 e. The molecule has 0 spiro atoms.